The third-order valence-corrected chi connectivity index (χ3v) is 3.99. The summed E-state index contributed by atoms with van der Waals surface area (Å²) in [6.07, 6.45) is 4.47. The van der Waals surface area contributed by atoms with E-state index in [1.54, 1.807) is 0 Å². The zero-order valence-corrected chi connectivity index (χ0v) is 12.9. The third kappa shape index (κ3) is 5.38. The molecule has 2 N–H and O–H groups in total. The number of rotatable bonds is 7. The maximum atomic E-state index is 11.8. The van der Waals surface area contributed by atoms with Crippen molar-refractivity contribution in [1.29, 1.82) is 0 Å². The van der Waals surface area contributed by atoms with Crippen LogP contribution < -0.4 is 15.4 Å². The fraction of sp³-hybridized carbons (Fsp3) is 0.588. The highest BCUT2D eigenvalue weighted by Crippen LogP contribution is 2.18. The minimum absolute atomic E-state index is 0.0373. The van der Waals surface area contributed by atoms with Crippen LogP contribution in [0.4, 0.5) is 0 Å². The maximum absolute atomic E-state index is 11.8. The van der Waals surface area contributed by atoms with Gasteiger partial charge < -0.3 is 15.4 Å². The van der Waals surface area contributed by atoms with E-state index in [9.17, 15) is 4.79 Å². The smallest absolute Gasteiger partial charge is 0.257 e. The first kappa shape index (κ1) is 15.8. The van der Waals surface area contributed by atoms with Gasteiger partial charge in [0.25, 0.3) is 5.91 Å². The molecule has 4 nitrogen and oxygen atoms in total. The van der Waals surface area contributed by atoms with E-state index in [-0.39, 0.29) is 12.5 Å². The van der Waals surface area contributed by atoms with Crippen molar-refractivity contribution in [2.24, 2.45) is 5.92 Å². The lowest BCUT2D eigenvalue weighted by atomic mass is 9.96. The van der Waals surface area contributed by atoms with E-state index in [4.69, 9.17) is 4.74 Å². The summed E-state index contributed by atoms with van der Waals surface area (Å²) in [5, 5.41) is 6.34. The second-order valence-corrected chi connectivity index (χ2v) is 5.60. The summed E-state index contributed by atoms with van der Waals surface area (Å²) in [7, 11) is 0. The zero-order valence-electron chi connectivity index (χ0n) is 12.9. The third-order valence-electron chi connectivity index (χ3n) is 3.99. The molecule has 1 saturated heterocycles. The van der Waals surface area contributed by atoms with Crippen molar-refractivity contribution in [1.82, 2.24) is 10.6 Å². The Bertz CT molecular complexity index is 442. The van der Waals surface area contributed by atoms with Crippen molar-refractivity contribution in [3.8, 4) is 5.75 Å². The summed E-state index contributed by atoms with van der Waals surface area (Å²) >= 11 is 0. The number of nitrogens with one attached hydrogen (secondary N) is 2. The lowest BCUT2D eigenvalue weighted by molar-refractivity contribution is -0.123. The number of hydrogen-bond acceptors (Lipinski definition) is 3. The number of carbonyl (C=O) groups excluding carboxylic acids is 1. The fourth-order valence-corrected chi connectivity index (χ4v) is 2.72. The van der Waals surface area contributed by atoms with Crippen molar-refractivity contribution in [2.45, 2.75) is 32.6 Å². The quantitative estimate of drug-likeness (QED) is 0.809. The van der Waals surface area contributed by atoms with Crippen LogP contribution in [-0.2, 0) is 11.2 Å². The van der Waals surface area contributed by atoms with E-state index in [1.807, 2.05) is 24.3 Å². The number of piperidine rings is 1. The molecule has 1 fully saturated rings. The normalized spacial score (nSPS) is 18.2. The molecule has 0 radical (unpaired) electrons. The highest BCUT2D eigenvalue weighted by Gasteiger charge is 2.13. The molecular formula is C17H26N2O2. The number of aryl methyl sites for hydroxylation is 1. The predicted octanol–water partition coefficient (Wildman–Crippen LogP) is 2.13. The molecule has 1 amide bonds. The Morgan fingerprint density at radius 1 is 1.43 bits per heavy atom. The van der Waals surface area contributed by atoms with Crippen molar-refractivity contribution in [2.75, 3.05) is 26.2 Å². The Morgan fingerprint density at radius 2 is 2.29 bits per heavy atom. The van der Waals surface area contributed by atoms with Gasteiger partial charge in [0.1, 0.15) is 5.75 Å². The Kier molecular flexibility index (Phi) is 6.54. The summed E-state index contributed by atoms with van der Waals surface area (Å²) in [6.45, 7) is 5.13. The van der Waals surface area contributed by atoms with Crippen LogP contribution in [0.25, 0.3) is 0 Å². The molecule has 4 heteroatoms. The topological polar surface area (TPSA) is 50.4 Å². The van der Waals surface area contributed by atoms with Crippen LogP contribution in [0.2, 0.25) is 0 Å². The molecule has 1 unspecified atom stereocenters. The summed E-state index contributed by atoms with van der Waals surface area (Å²) in [6, 6.07) is 7.87. The summed E-state index contributed by atoms with van der Waals surface area (Å²) in [4.78, 5) is 11.8. The van der Waals surface area contributed by atoms with Crippen LogP contribution >= 0.6 is 0 Å². The van der Waals surface area contributed by atoms with E-state index >= 15 is 0 Å². The molecule has 0 aliphatic carbocycles. The van der Waals surface area contributed by atoms with E-state index in [0.717, 1.165) is 43.8 Å². The van der Waals surface area contributed by atoms with Gasteiger partial charge in [0, 0.05) is 6.54 Å². The molecule has 1 aliphatic rings. The molecule has 1 aliphatic heterocycles. The minimum atomic E-state index is -0.0373. The number of ether oxygens (including phenoxy) is 1. The van der Waals surface area contributed by atoms with Gasteiger partial charge in [-0.25, -0.2) is 0 Å². The molecule has 0 saturated carbocycles. The summed E-state index contributed by atoms with van der Waals surface area (Å²) in [5.41, 5.74) is 1.14. The van der Waals surface area contributed by atoms with Crippen LogP contribution in [0, 0.1) is 5.92 Å². The SMILES string of the molecule is CCc1ccccc1OCC(=O)NCCC1CCCNC1. The van der Waals surface area contributed by atoms with Crippen LogP contribution in [0.5, 0.6) is 5.75 Å². The molecule has 1 aromatic carbocycles. The van der Waals surface area contributed by atoms with Crippen molar-refractivity contribution in [3.05, 3.63) is 29.8 Å². The van der Waals surface area contributed by atoms with Gasteiger partial charge in [-0.2, -0.15) is 0 Å². The Labute approximate surface area is 127 Å². The molecule has 0 bridgehead atoms. The van der Waals surface area contributed by atoms with Crippen molar-refractivity contribution < 1.29 is 9.53 Å². The van der Waals surface area contributed by atoms with Gasteiger partial charge in [0.2, 0.25) is 0 Å². The first-order valence-corrected chi connectivity index (χ1v) is 7.97. The molecule has 21 heavy (non-hydrogen) atoms. The predicted molar refractivity (Wildman–Crippen MR) is 84.5 cm³/mol. The van der Waals surface area contributed by atoms with Gasteiger partial charge in [-0.3, -0.25) is 4.79 Å². The Hall–Kier alpha value is -1.55. The standard InChI is InChI=1S/C17H26N2O2/c1-2-15-7-3-4-8-16(15)21-13-17(20)19-11-9-14-6-5-10-18-12-14/h3-4,7-8,14,18H,2,5-6,9-13H2,1H3,(H,19,20). The first-order chi connectivity index (χ1) is 10.3. The number of amides is 1. The van der Waals surface area contributed by atoms with Gasteiger partial charge >= 0.3 is 0 Å². The zero-order chi connectivity index (χ0) is 14.9. The molecule has 1 atom stereocenters. The number of carbonyl (C=O) groups is 1. The van der Waals surface area contributed by atoms with Crippen LogP contribution in [-0.4, -0.2) is 32.1 Å². The number of benzene rings is 1. The Morgan fingerprint density at radius 3 is 3.05 bits per heavy atom. The second-order valence-electron chi connectivity index (χ2n) is 5.60. The fourth-order valence-electron chi connectivity index (χ4n) is 2.72. The molecule has 1 aromatic rings. The number of hydrogen-bond donors (Lipinski definition) is 2. The molecular weight excluding hydrogens is 264 g/mol. The number of para-hydroxylation sites is 1. The second kappa shape index (κ2) is 8.67. The van der Waals surface area contributed by atoms with Crippen molar-refractivity contribution >= 4 is 5.91 Å². The van der Waals surface area contributed by atoms with Gasteiger partial charge in [-0.1, -0.05) is 25.1 Å². The molecule has 116 valence electrons. The van der Waals surface area contributed by atoms with E-state index in [2.05, 4.69) is 17.6 Å². The van der Waals surface area contributed by atoms with Gasteiger partial charge in [-0.05, 0) is 56.3 Å². The first-order valence-electron chi connectivity index (χ1n) is 7.97. The highest BCUT2D eigenvalue weighted by atomic mass is 16.5. The van der Waals surface area contributed by atoms with Gasteiger partial charge in [0.15, 0.2) is 6.61 Å². The lowest BCUT2D eigenvalue weighted by Gasteiger charge is -2.22. The van der Waals surface area contributed by atoms with Crippen LogP contribution in [0.1, 0.15) is 31.7 Å². The molecule has 0 spiro atoms. The minimum Gasteiger partial charge on any atom is -0.483 e. The highest BCUT2D eigenvalue weighted by molar-refractivity contribution is 5.77. The van der Waals surface area contributed by atoms with Crippen molar-refractivity contribution in [3.63, 3.8) is 0 Å². The van der Waals surface area contributed by atoms with Gasteiger partial charge in [0.05, 0.1) is 0 Å². The monoisotopic (exact) mass is 290 g/mol. The average Bonchev–Trinajstić information content (AvgIpc) is 2.54. The Balaban J connectivity index is 1.65. The maximum Gasteiger partial charge on any atom is 0.257 e. The molecule has 2 rings (SSSR count). The van der Waals surface area contributed by atoms with E-state index in [1.165, 1.54) is 12.8 Å². The summed E-state index contributed by atoms with van der Waals surface area (Å²) in [5.74, 6) is 1.47. The lowest BCUT2D eigenvalue weighted by Crippen LogP contribution is -2.34. The summed E-state index contributed by atoms with van der Waals surface area (Å²) < 4.78 is 5.61. The largest absolute Gasteiger partial charge is 0.483 e. The van der Waals surface area contributed by atoms with Crippen LogP contribution in [0.15, 0.2) is 24.3 Å². The molecule has 0 aromatic heterocycles. The molecule has 1 heterocycles. The van der Waals surface area contributed by atoms with E-state index < -0.39 is 0 Å². The van der Waals surface area contributed by atoms with E-state index in [0.29, 0.717) is 5.92 Å². The van der Waals surface area contributed by atoms with Crippen LogP contribution in [0.3, 0.4) is 0 Å². The van der Waals surface area contributed by atoms with Gasteiger partial charge in [-0.15, -0.1) is 0 Å². The average molecular weight is 290 g/mol.